The highest BCUT2D eigenvalue weighted by molar-refractivity contribution is 6.12. The molecule has 4 rings (SSSR count). The van der Waals surface area contributed by atoms with Crippen molar-refractivity contribution in [3.63, 3.8) is 0 Å². The molecule has 116 valence electrons. The van der Waals surface area contributed by atoms with Crippen LogP contribution in [0.5, 0.6) is 0 Å². The second-order valence-corrected chi connectivity index (χ2v) is 6.00. The SMILES string of the molecule is O=C1Nc2ccccc2[C@@]1(O)[C@H]1CCc2ccccc2/C1=N/O. The van der Waals surface area contributed by atoms with E-state index in [2.05, 4.69) is 10.5 Å². The Morgan fingerprint density at radius 2 is 1.87 bits per heavy atom. The number of oxime groups is 1. The highest BCUT2D eigenvalue weighted by Gasteiger charge is 2.54. The number of anilines is 1. The van der Waals surface area contributed by atoms with E-state index in [4.69, 9.17) is 0 Å². The molecule has 0 saturated carbocycles. The number of nitrogens with zero attached hydrogens (tertiary/aromatic N) is 1. The molecule has 2 aromatic rings. The lowest BCUT2D eigenvalue weighted by atomic mass is 9.71. The second kappa shape index (κ2) is 4.93. The minimum absolute atomic E-state index is 0.362. The number of para-hydroxylation sites is 1. The van der Waals surface area contributed by atoms with E-state index in [1.165, 1.54) is 0 Å². The van der Waals surface area contributed by atoms with Gasteiger partial charge in [0.25, 0.3) is 5.91 Å². The van der Waals surface area contributed by atoms with Crippen molar-refractivity contribution < 1.29 is 15.1 Å². The van der Waals surface area contributed by atoms with Gasteiger partial charge in [-0.15, -0.1) is 0 Å². The number of benzene rings is 2. The Labute approximate surface area is 133 Å². The molecule has 5 heteroatoms. The quantitative estimate of drug-likeness (QED) is 0.558. The second-order valence-electron chi connectivity index (χ2n) is 6.00. The number of carbonyl (C=O) groups excluding carboxylic acids is 1. The summed E-state index contributed by atoms with van der Waals surface area (Å²) in [6.07, 6.45) is 1.26. The van der Waals surface area contributed by atoms with E-state index in [0.717, 1.165) is 17.5 Å². The fourth-order valence-corrected chi connectivity index (χ4v) is 3.75. The van der Waals surface area contributed by atoms with Crippen LogP contribution in [-0.4, -0.2) is 21.9 Å². The van der Waals surface area contributed by atoms with Crippen LogP contribution in [0, 0.1) is 5.92 Å². The van der Waals surface area contributed by atoms with Gasteiger partial charge in [0, 0.05) is 22.7 Å². The Morgan fingerprint density at radius 1 is 1.13 bits per heavy atom. The summed E-state index contributed by atoms with van der Waals surface area (Å²) in [4.78, 5) is 12.5. The number of amides is 1. The van der Waals surface area contributed by atoms with Crippen molar-refractivity contribution in [3.8, 4) is 0 Å². The summed E-state index contributed by atoms with van der Waals surface area (Å²) in [5.41, 5.74) is 1.64. The molecule has 1 aliphatic carbocycles. The first-order valence-electron chi connectivity index (χ1n) is 7.60. The first kappa shape index (κ1) is 14.0. The first-order valence-corrected chi connectivity index (χ1v) is 7.60. The molecular formula is C18H16N2O3. The Balaban J connectivity index is 1.87. The molecule has 2 aromatic carbocycles. The zero-order valence-electron chi connectivity index (χ0n) is 12.4. The van der Waals surface area contributed by atoms with E-state index in [-0.39, 0.29) is 0 Å². The summed E-state index contributed by atoms with van der Waals surface area (Å²) < 4.78 is 0. The summed E-state index contributed by atoms with van der Waals surface area (Å²) in [5.74, 6) is -1.06. The molecular weight excluding hydrogens is 292 g/mol. The smallest absolute Gasteiger partial charge is 0.261 e. The summed E-state index contributed by atoms with van der Waals surface area (Å²) in [6.45, 7) is 0. The van der Waals surface area contributed by atoms with E-state index in [1.54, 1.807) is 18.2 Å². The van der Waals surface area contributed by atoms with Crippen LogP contribution in [0.1, 0.15) is 23.1 Å². The van der Waals surface area contributed by atoms with Crippen LogP contribution in [-0.2, 0) is 16.8 Å². The third kappa shape index (κ3) is 1.83. The standard InChI is InChI=1S/C18H16N2O3/c21-17-18(22,13-7-3-4-8-15(13)19-17)14-10-9-11-5-1-2-6-12(11)16(14)20-23/h1-8,14,22-23H,9-10H2,(H,19,21)/b20-16-/t14-,18+/m0/s1. The molecule has 2 aliphatic rings. The van der Waals surface area contributed by atoms with Crippen LogP contribution in [0.2, 0.25) is 0 Å². The zero-order valence-corrected chi connectivity index (χ0v) is 12.4. The summed E-state index contributed by atoms with van der Waals surface area (Å²) in [7, 11) is 0. The molecule has 0 unspecified atom stereocenters. The van der Waals surface area contributed by atoms with Gasteiger partial charge in [0.1, 0.15) is 0 Å². The highest BCUT2D eigenvalue weighted by Crippen LogP contribution is 2.45. The van der Waals surface area contributed by atoms with E-state index in [1.807, 2.05) is 30.3 Å². The molecule has 0 spiro atoms. The third-order valence-corrected chi connectivity index (χ3v) is 4.87. The molecule has 5 nitrogen and oxygen atoms in total. The lowest BCUT2D eigenvalue weighted by molar-refractivity contribution is -0.137. The number of fused-ring (bicyclic) bond motifs is 2. The van der Waals surface area contributed by atoms with Gasteiger partial charge < -0.3 is 15.6 Å². The van der Waals surface area contributed by atoms with Gasteiger partial charge in [0.15, 0.2) is 5.60 Å². The number of nitrogens with one attached hydrogen (secondary N) is 1. The van der Waals surface area contributed by atoms with Gasteiger partial charge in [-0.2, -0.15) is 0 Å². The maximum absolute atomic E-state index is 12.5. The van der Waals surface area contributed by atoms with E-state index in [0.29, 0.717) is 23.4 Å². The largest absolute Gasteiger partial charge is 0.411 e. The Kier molecular flexibility index (Phi) is 2.99. The third-order valence-electron chi connectivity index (χ3n) is 4.87. The van der Waals surface area contributed by atoms with Crippen LogP contribution >= 0.6 is 0 Å². The van der Waals surface area contributed by atoms with Crippen LogP contribution in [0.25, 0.3) is 0 Å². The molecule has 0 fully saturated rings. The van der Waals surface area contributed by atoms with Gasteiger partial charge in [-0.3, -0.25) is 4.79 Å². The summed E-state index contributed by atoms with van der Waals surface area (Å²) in [5, 5.41) is 27.0. The van der Waals surface area contributed by atoms with Crippen LogP contribution in [0.15, 0.2) is 53.7 Å². The van der Waals surface area contributed by atoms with Crippen molar-refractivity contribution in [2.75, 3.05) is 5.32 Å². The molecule has 1 aliphatic heterocycles. The topological polar surface area (TPSA) is 81.9 Å². The molecule has 2 atom stereocenters. The molecule has 23 heavy (non-hydrogen) atoms. The van der Waals surface area contributed by atoms with Crippen LogP contribution in [0.4, 0.5) is 5.69 Å². The van der Waals surface area contributed by atoms with Gasteiger partial charge in [-0.05, 0) is 24.5 Å². The number of rotatable bonds is 1. The molecule has 0 aromatic heterocycles. The zero-order chi connectivity index (χ0) is 16.0. The molecule has 0 bridgehead atoms. The maximum atomic E-state index is 12.5. The number of hydrogen-bond donors (Lipinski definition) is 3. The Morgan fingerprint density at radius 3 is 2.70 bits per heavy atom. The summed E-state index contributed by atoms with van der Waals surface area (Å²) >= 11 is 0. The maximum Gasteiger partial charge on any atom is 0.261 e. The number of carbonyl (C=O) groups is 1. The summed E-state index contributed by atoms with van der Waals surface area (Å²) in [6, 6.07) is 14.7. The van der Waals surface area contributed by atoms with Gasteiger partial charge in [-0.25, -0.2) is 0 Å². The molecule has 3 N–H and O–H groups in total. The van der Waals surface area contributed by atoms with Gasteiger partial charge in [0.05, 0.1) is 5.71 Å². The van der Waals surface area contributed by atoms with Crippen molar-refractivity contribution in [1.82, 2.24) is 0 Å². The Bertz CT molecular complexity index is 831. The lowest BCUT2D eigenvalue weighted by Gasteiger charge is -2.35. The molecule has 1 amide bonds. The average molecular weight is 308 g/mol. The monoisotopic (exact) mass is 308 g/mol. The van der Waals surface area contributed by atoms with Crippen molar-refractivity contribution >= 4 is 17.3 Å². The minimum atomic E-state index is -1.72. The van der Waals surface area contributed by atoms with Crippen molar-refractivity contribution in [2.45, 2.75) is 18.4 Å². The normalized spacial score (nSPS) is 27.4. The van der Waals surface area contributed by atoms with E-state index in [9.17, 15) is 15.1 Å². The van der Waals surface area contributed by atoms with E-state index >= 15 is 0 Å². The fourth-order valence-electron chi connectivity index (χ4n) is 3.75. The number of hydrogen-bond acceptors (Lipinski definition) is 4. The highest BCUT2D eigenvalue weighted by atomic mass is 16.4. The molecule has 0 saturated heterocycles. The van der Waals surface area contributed by atoms with Crippen LogP contribution < -0.4 is 5.32 Å². The van der Waals surface area contributed by atoms with E-state index < -0.39 is 17.4 Å². The predicted molar refractivity (Wildman–Crippen MR) is 85.5 cm³/mol. The molecule has 1 heterocycles. The van der Waals surface area contributed by atoms with Gasteiger partial charge in [0.2, 0.25) is 0 Å². The average Bonchev–Trinajstić information content (AvgIpc) is 2.85. The lowest BCUT2D eigenvalue weighted by Crippen LogP contribution is -2.47. The predicted octanol–water partition coefficient (Wildman–Crippen LogP) is 2.27. The van der Waals surface area contributed by atoms with Gasteiger partial charge >= 0.3 is 0 Å². The van der Waals surface area contributed by atoms with Crippen molar-refractivity contribution in [3.05, 3.63) is 65.2 Å². The number of aryl methyl sites for hydroxylation is 1. The van der Waals surface area contributed by atoms with Gasteiger partial charge in [-0.1, -0.05) is 47.6 Å². The minimum Gasteiger partial charge on any atom is -0.411 e. The van der Waals surface area contributed by atoms with Crippen LogP contribution in [0.3, 0.4) is 0 Å². The fraction of sp³-hybridized carbons (Fsp3) is 0.222. The Hall–Kier alpha value is -2.66. The van der Waals surface area contributed by atoms with Crippen molar-refractivity contribution in [2.24, 2.45) is 11.1 Å². The van der Waals surface area contributed by atoms with Crippen molar-refractivity contribution in [1.29, 1.82) is 0 Å². The first-order chi connectivity index (χ1) is 11.2. The number of aliphatic hydroxyl groups is 1. The molecule has 0 radical (unpaired) electrons.